The van der Waals surface area contributed by atoms with Crippen molar-refractivity contribution in [2.24, 2.45) is 0 Å². The van der Waals surface area contributed by atoms with Crippen LogP contribution in [0, 0.1) is 0 Å². The van der Waals surface area contributed by atoms with Gasteiger partial charge in [0.25, 0.3) is 0 Å². The fourth-order valence-corrected chi connectivity index (χ4v) is 1.81. The second-order valence-electron chi connectivity index (χ2n) is 5.64. The largest absolute Gasteiger partial charge is 0.540 e. The van der Waals surface area contributed by atoms with Gasteiger partial charge in [-0.25, -0.2) is 4.79 Å². The van der Waals surface area contributed by atoms with Gasteiger partial charge in [-0.1, -0.05) is 44.4 Å². The lowest BCUT2D eigenvalue weighted by Gasteiger charge is -2.22. The van der Waals surface area contributed by atoms with Crippen LogP contribution >= 0.6 is 0 Å². The van der Waals surface area contributed by atoms with Crippen molar-refractivity contribution < 1.29 is 24.0 Å². The lowest BCUT2D eigenvalue weighted by atomic mass is 10.0. The Balaban J connectivity index is 2.10. The lowest BCUT2D eigenvalue weighted by Crippen LogP contribution is -2.27. The molecule has 0 unspecified atom stereocenters. The number of rotatable bonds is 10. The van der Waals surface area contributed by atoms with Crippen LogP contribution in [0.15, 0.2) is 30.3 Å². The minimum Gasteiger partial charge on any atom is -0.490 e. The number of benzene rings is 1. The van der Waals surface area contributed by atoms with E-state index in [1.165, 1.54) is 0 Å². The van der Waals surface area contributed by atoms with E-state index in [-0.39, 0.29) is 13.2 Å². The van der Waals surface area contributed by atoms with Gasteiger partial charge in [-0.3, -0.25) is 4.89 Å². The molecule has 0 saturated carbocycles. The summed E-state index contributed by atoms with van der Waals surface area (Å²) in [5.74, 6) is 0.729. The highest BCUT2D eigenvalue weighted by atomic mass is 17.2. The quantitative estimate of drug-likeness (QED) is 0.275. The standard InChI is InChI=1S/C17H26O5/c1-4-5-9-12-17(2,3)22-21-16(18)20-14-13-19-15-10-7-6-8-11-15/h6-8,10-11H,4-5,9,12-14H2,1-3H3. The molecule has 5 nitrogen and oxygen atoms in total. The van der Waals surface area contributed by atoms with E-state index in [9.17, 15) is 4.79 Å². The third-order valence-corrected chi connectivity index (χ3v) is 3.03. The molecule has 0 bridgehead atoms. The number of para-hydroxylation sites is 1. The van der Waals surface area contributed by atoms with Crippen LogP contribution in [0.4, 0.5) is 4.79 Å². The average molecular weight is 310 g/mol. The molecule has 0 fully saturated rings. The van der Waals surface area contributed by atoms with Gasteiger partial charge < -0.3 is 9.47 Å². The van der Waals surface area contributed by atoms with E-state index in [0.29, 0.717) is 0 Å². The van der Waals surface area contributed by atoms with Crippen LogP contribution in [0.1, 0.15) is 46.5 Å². The zero-order valence-electron chi connectivity index (χ0n) is 13.7. The molecule has 0 aliphatic rings. The van der Waals surface area contributed by atoms with Crippen molar-refractivity contribution >= 4 is 6.16 Å². The molecule has 0 atom stereocenters. The first-order valence-corrected chi connectivity index (χ1v) is 7.74. The maximum absolute atomic E-state index is 11.4. The highest BCUT2D eigenvalue weighted by Gasteiger charge is 2.22. The van der Waals surface area contributed by atoms with Crippen LogP contribution in [0.2, 0.25) is 0 Å². The van der Waals surface area contributed by atoms with Crippen molar-refractivity contribution in [1.29, 1.82) is 0 Å². The molecular formula is C17H26O5. The lowest BCUT2D eigenvalue weighted by molar-refractivity contribution is -0.318. The van der Waals surface area contributed by atoms with Gasteiger partial charge >= 0.3 is 6.16 Å². The summed E-state index contributed by atoms with van der Waals surface area (Å²) in [5, 5.41) is 0. The fourth-order valence-electron chi connectivity index (χ4n) is 1.81. The van der Waals surface area contributed by atoms with Gasteiger partial charge in [-0.15, -0.1) is 0 Å². The molecule has 0 radical (unpaired) electrons. The van der Waals surface area contributed by atoms with Gasteiger partial charge in [0.15, 0.2) is 0 Å². The molecule has 0 aliphatic heterocycles. The van der Waals surface area contributed by atoms with Gasteiger partial charge in [-0.05, 0) is 32.4 Å². The zero-order valence-corrected chi connectivity index (χ0v) is 13.7. The van der Waals surface area contributed by atoms with Crippen molar-refractivity contribution in [2.75, 3.05) is 13.2 Å². The molecule has 124 valence electrons. The van der Waals surface area contributed by atoms with Crippen LogP contribution in [-0.4, -0.2) is 25.0 Å². The van der Waals surface area contributed by atoms with Crippen molar-refractivity contribution in [3.05, 3.63) is 30.3 Å². The van der Waals surface area contributed by atoms with Crippen LogP contribution in [0.5, 0.6) is 5.75 Å². The molecule has 1 rings (SSSR count). The molecule has 0 aliphatic carbocycles. The Bertz CT molecular complexity index is 416. The number of ether oxygens (including phenoxy) is 2. The monoisotopic (exact) mass is 310 g/mol. The molecule has 0 amide bonds. The second kappa shape index (κ2) is 10.1. The third-order valence-electron chi connectivity index (χ3n) is 3.03. The molecule has 1 aromatic rings. The smallest absolute Gasteiger partial charge is 0.490 e. The molecule has 0 aromatic heterocycles. The molecule has 0 heterocycles. The minimum atomic E-state index is -0.847. The van der Waals surface area contributed by atoms with Crippen molar-refractivity contribution in [3.8, 4) is 5.75 Å². The maximum atomic E-state index is 11.4. The van der Waals surface area contributed by atoms with E-state index in [2.05, 4.69) is 11.8 Å². The first kappa shape index (κ1) is 18.3. The summed E-state index contributed by atoms with van der Waals surface area (Å²) >= 11 is 0. The first-order chi connectivity index (χ1) is 10.5. The van der Waals surface area contributed by atoms with Crippen LogP contribution in [-0.2, 0) is 14.5 Å². The average Bonchev–Trinajstić information content (AvgIpc) is 2.51. The number of hydrogen-bond acceptors (Lipinski definition) is 5. The molecule has 1 aromatic carbocycles. The summed E-state index contributed by atoms with van der Waals surface area (Å²) in [7, 11) is 0. The number of carbonyl (C=O) groups is 1. The molecule has 5 heteroatoms. The van der Waals surface area contributed by atoms with Gasteiger partial charge in [0.1, 0.15) is 24.6 Å². The second-order valence-corrected chi connectivity index (χ2v) is 5.64. The van der Waals surface area contributed by atoms with E-state index < -0.39 is 11.8 Å². The van der Waals surface area contributed by atoms with E-state index in [0.717, 1.165) is 31.4 Å². The first-order valence-electron chi connectivity index (χ1n) is 7.74. The summed E-state index contributed by atoms with van der Waals surface area (Å²) < 4.78 is 10.3. The van der Waals surface area contributed by atoms with Crippen LogP contribution < -0.4 is 4.74 Å². The Kier molecular flexibility index (Phi) is 8.36. The van der Waals surface area contributed by atoms with Crippen molar-refractivity contribution in [2.45, 2.75) is 52.1 Å². The number of hydrogen-bond donors (Lipinski definition) is 0. The molecule has 0 N–H and O–H groups in total. The summed E-state index contributed by atoms with van der Waals surface area (Å²) in [6.07, 6.45) is 3.28. The normalized spacial score (nSPS) is 11.0. The van der Waals surface area contributed by atoms with Gasteiger partial charge in [0.2, 0.25) is 0 Å². The Morgan fingerprint density at radius 3 is 2.50 bits per heavy atom. The van der Waals surface area contributed by atoms with Crippen molar-refractivity contribution in [1.82, 2.24) is 0 Å². The topological polar surface area (TPSA) is 54.0 Å². The Hall–Kier alpha value is -1.75. The van der Waals surface area contributed by atoms with Gasteiger partial charge in [-0.2, -0.15) is 4.89 Å². The van der Waals surface area contributed by atoms with Crippen molar-refractivity contribution in [3.63, 3.8) is 0 Å². The molecule has 22 heavy (non-hydrogen) atoms. The van der Waals surface area contributed by atoms with Crippen LogP contribution in [0.3, 0.4) is 0 Å². The predicted molar refractivity (Wildman–Crippen MR) is 83.7 cm³/mol. The highest BCUT2D eigenvalue weighted by molar-refractivity contribution is 5.58. The maximum Gasteiger partial charge on any atom is 0.540 e. The highest BCUT2D eigenvalue weighted by Crippen LogP contribution is 2.19. The summed E-state index contributed by atoms with van der Waals surface area (Å²) in [6, 6.07) is 9.32. The molecule has 0 saturated heterocycles. The number of unbranched alkanes of at least 4 members (excludes halogenated alkanes) is 2. The zero-order chi connectivity index (χ0) is 16.3. The third kappa shape index (κ3) is 8.52. The number of carbonyl (C=O) groups excluding carboxylic acids is 1. The Morgan fingerprint density at radius 1 is 1.09 bits per heavy atom. The van der Waals surface area contributed by atoms with Crippen LogP contribution in [0.25, 0.3) is 0 Å². The summed E-state index contributed by atoms with van der Waals surface area (Å²) in [5.41, 5.74) is -0.505. The SMILES string of the molecule is CCCCCC(C)(C)OOC(=O)OCCOc1ccccc1. The summed E-state index contributed by atoms with van der Waals surface area (Å²) in [6.45, 7) is 6.27. The molecular weight excluding hydrogens is 284 g/mol. The predicted octanol–water partition coefficient (Wildman–Crippen LogP) is 4.51. The fraction of sp³-hybridized carbons (Fsp3) is 0.588. The Labute approximate surface area is 132 Å². The van der Waals surface area contributed by atoms with E-state index in [1.807, 2.05) is 44.2 Å². The van der Waals surface area contributed by atoms with Gasteiger partial charge in [0.05, 0.1) is 0 Å². The molecule has 0 spiro atoms. The summed E-state index contributed by atoms with van der Waals surface area (Å²) in [4.78, 5) is 21.2. The van der Waals surface area contributed by atoms with E-state index in [4.69, 9.17) is 14.4 Å². The van der Waals surface area contributed by atoms with E-state index >= 15 is 0 Å². The minimum absolute atomic E-state index is 0.105. The Morgan fingerprint density at radius 2 is 1.82 bits per heavy atom. The van der Waals surface area contributed by atoms with E-state index in [1.54, 1.807) is 0 Å². The van der Waals surface area contributed by atoms with Gasteiger partial charge in [0, 0.05) is 0 Å².